The van der Waals surface area contributed by atoms with Crippen LogP contribution in [0.1, 0.15) is 30.4 Å². The van der Waals surface area contributed by atoms with Gasteiger partial charge < -0.3 is 14.5 Å². The van der Waals surface area contributed by atoms with Gasteiger partial charge in [0.1, 0.15) is 29.7 Å². The Morgan fingerprint density at radius 2 is 2.14 bits per heavy atom. The molecule has 0 bridgehead atoms. The largest absolute Gasteiger partial charge is 0.484 e. The Labute approximate surface area is 132 Å². The van der Waals surface area contributed by atoms with Crippen LogP contribution in [0.3, 0.4) is 0 Å². The summed E-state index contributed by atoms with van der Waals surface area (Å²) in [5.41, 5.74) is 1.14. The first-order chi connectivity index (χ1) is 10.1. The Morgan fingerprint density at radius 1 is 1.33 bits per heavy atom. The molecule has 0 aliphatic carbocycles. The van der Waals surface area contributed by atoms with Gasteiger partial charge in [0.05, 0.1) is 4.47 Å². The summed E-state index contributed by atoms with van der Waals surface area (Å²) in [5.74, 6) is 1.95. The maximum Gasteiger partial charge on any atom is 0.146 e. The Bertz CT molecular complexity index is 598. The highest BCUT2D eigenvalue weighted by Gasteiger charge is 2.09. The zero-order chi connectivity index (χ0) is 15.2. The van der Waals surface area contributed by atoms with Crippen LogP contribution in [-0.4, -0.2) is 6.54 Å². The average molecular weight is 356 g/mol. The monoisotopic (exact) mass is 355 g/mol. The highest BCUT2D eigenvalue weighted by molar-refractivity contribution is 9.10. The van der Waals surface area contributed by atoms with Gasteiger partial charge in [-0.2, -0.15) is 0 Å². The van der Waals surface area contributed by atoms with Crippen molar-refractivity contribution < 1.29 is 13.5 Å². The van der Waals surface area contributed by atoms with E-state index in [9.17, 15) is 4.39 Å². The molecule has 0 atom stereocenters. The van der Waals surface area contributed by atoms with Crippen molar-refractivity contribution in [1.82, 2.24) is 5.32 Å². The SMILES string of the molecule is CCCNCc1cc(COc2ccc(F)cc2Br)oc1C. The smallest absolute Gasteiger partial charge is 0.146 e. The lowest BCUT2D eigenvalue weighted by Crippen LogP contribution is -2.13. The summed E-state index contributed by atoms with van der Waals surface area (Å²) in [4.78, 5) is 0. The van der Waals surface area contributed by atoms with Crippen LogP contribution in [-0.2, 0) is 13.2 Å². The van der Waals surface area contributed by atoms with Crippen molar-refractivity contribution in [2.45, 2.75) is 33.4 Å². The number of hydrogen-bond acceptors (Lipinski definition) is 3. The van der Waals surface area contributed by atoms with Crippen LogP contribution in [0.2, 0.25) is 0 Å². The number of nitrogens with one attached hydrogen (secondary N) is 1. The number of aryl methyl sites for hydroxylation is 1. The van der Waals surface area contributed by atoms with Crippen LogP contribution >= 0.6 is 15.9 Å². The molecule has 1 aromatic heterocycles. The quantitative estimate of drug-likeness (QED) is 0.738. The third-order valence-electron chi connectivity index (χ3n) is 3.08. The van der Waals surface area contributed by atoms with E-state index in [0.717, 1.165) is 36.6 Å². The third kappa shape index (κ3) is 4.58. The van der Waals surface area contributed by atoms with Crippen molar-refractivity contribution in [3.8, 4) is 5.75 Å². The lowest BCUT2D eigenvalue weighted by Gasteiger charge is -2.06. The maximum absolute atomic E-state index is 13.0. The molecule has 2 aromatic rings. The lowest BCUT2D eigenvalue weighted by molar-refractivity contribution is 0.265. The maximum atomic E-state index is 13.0. The van der Waals surface area contributed by atoms with Gasteiger partial charge in [-0.3, -0.25) is 0 Å². The number of rotatable bonds is 7. The Kier molecular flexibility index (Phi) is 5.82. The fourth-order valence-electron chi connectivity index (χ4n) is 1.98. The van der Waals surface area contributed by atoms with Gasteiger partial charge in [-0.1, -0.05) is 6.92 Å². The highest BCUT2D eigenvalue weighted by Crippen LogP contribution is 2.26. The molecule has 0 saturated heterocycles. The molecule has 3 nitrogen and oxygen atoms in total. The molecule has 1 heterocycles. The molecule has 0 spiro atoms. The number of hydrogen-bond donors (Lipinski definition) is 1. The van der Waals surface area contributed by atoms with E-state index in [1.54, 1.807) is 6.07 Å². The molecule has 1 N–H and O–H groups in total. The minimum Gasteiger partial charge on any atom is -0.484 e. The van der Waals surface area contributed by atoms with Crippen molar-refractivity contribution in [3.63, 3.8) is 0 Å². The summed E-state index contributed by atoms with van der Waals surface area (Å²) in [6.07, 6.45) is 1.10. The molecule has 0 unspecified atom stereocenters. The molecule has 2 rings (SSSR count). The van der Waals surface area contributed by atoms with Crippen LogP contribution < -0.4 is 10.1 Å². The number of benzene rings is 1. The molecule has 0 aliphatic rings. The van der Waals surface area contributed by atoms with Crippen LogP contribution in [0.5, 0.6) is 5.75 Å². The molecular formula is C16H19BrFNO2. The van der Waals surface area contributed by atoms with Gasteiger partial charge in [0.15, 0.2) is 0 Å². The van der Waals surface area contributed by atoms with E-state index >= 15 is 0 Å². The van der Waals surface area contributed by atoms with E-state index in [2.05, 4.69) is 28.2 Å². The molecule has 0 aliphatic heterocycles. The fourth-order valence-corrected chi connectivity index (χ4v) is 2.44. The van der Waals surface area contributed by atoms with Crippen LogP contribution in [0, 0.1) is 12.7 Å². The van der Waals surface area contributed by atoms with Gasteiger partial charge in [-0.05, 0) is 60.1 Å². The Morgan fingerprint density at radius 3 is 2.86 bits per heavy atom. The first-order valence-corrected chi connectivity index (χ1v) is 7.76. The standard InChI is InChI=1S/C16H19BrFNO2/c1-3-6-19-9-12-7-14(21-11(12)2)10-20-16-5-4-13(18)8-15(16)17/h4-5,7-8,19H,3,6,9-10H2,1-2H3. The fraction of sp³-hybridized carbons (Fsp3) is 0.375. The normalized spacial score (nSPS) is 10.9. The van der Waals surface area contributed by atoms with Gasteiger partial charge in [-0.25, -0.2) is 4.39 Å². The number of ether oxygens (including phenoxy) is 1. The Balaban J connectivity index is 1.95. The van der Waals surface area contributed by atoms with Crippen molar-refractivity contribution in [2.75, 3.05) is 6.54 Å². The zero-order valence-electron chi connectivity index (χ0n) is 12.2. The predicted molar refractivity (Wildman–Crippen MR) is 83.9 cm³/mol. The molecule has 0 saturated carbocycles. The van der Waals surface area contributed by atoms with Gasteiger partial charge in [0.2, 0.25) is 0 Å². The van der Waals surface area contributed by atoms with Crippen LogP contribution in [0.15, 0.2) is 33.2 Å². The van der Waals surface area contributed by atoms with E-state index in [1.807, 2.05) is 13.0 Å². The van der Waals surface area contributed by atoms with Crippen molar-refractivity contribution in [3.05, 3.63) is 51.6 Å². The van der Waals surface area contributed by atoms with Gasteiger partial charge in [-0.15, -0.1) is 0 Å². The molecule has 0 amide bonds. The molecule has 0 fully saturated rings. The number of furan rings is 1. The van der Waals surface area contributed by atoms with E-state index < -0.39 is 0 Å². The third-order valence-corrected chi connectivity index (χ3v) is 3.70. The summed E-state index contributed by atoms with van der Waals surface area (Å²) in [6.45, 7) is 6.18. The van der Waals surface area contributed by atoms with Crippen molar-refractivity contribution in [2.24, 2.45) is 0 Å². The van der Waals surface area contributed by atoms with Crippen LogP contribution in [0.25, 0.3) is 0 Å². The minimum atomic E-state index is -0.299. The molecule has 1 aromatic carbocycles. The summed E-state index contributed by atoms with van der Waals surface area (Å²) in [5, 5.41) is 3.34. The molecule has 114 valence electrons. The van der Waals surface area contributed by atoms with Crippen molar-refractivity contribution in [1.29, 1.82) is 0 Å². The van der Waals surface area contributed by atoms with Crippen molar-refractivity contribution >= 4 is 15.9 Å². The second-order valence-corrected chi connectivity index (χ2v) is 5.69. The van der Waals surface area contributed by atoms with E-state index in [4.69, 9.17) is 9.15 Å². The minimum absolute atomic E-state index is 0.299. The second kappa shape index (κ2) is 7.61. The van der Waals surface area contributed by atoms with E-state index in [0.29, 0.717) is 16.8 Å². The molecule has 21 heavy (non-hydrogen) atoms. The molecular weight excluding hydrogens is 337 g/mol. The second-order valence-electron chi connectivity index (χ2n) is 4.83. The van der Waals surface area contributed by atoms with E-state index in [-0.39, 0.29) is 5.82 Å². The average Bonchev–Trinajstić information content (AvgIpc) is 2.79. The molecule has 0 radical (unpaired) electrons. The summed E-state index contributed by atoms with van der Waals surface area (Å²) >= 11 is 3.28. The van der Waals surface area contributed by atoms with E-state index in [1.165, 1.54) is 12.1 Å². The zero-order valence-corrected chi connectivity index (χ0v) is 13.8. The topological polar surface area (TPSA) is 34.4 Å². The van der Waals surface area contributed by atoms with Crippen LogP contribution in [0.4, 0.5) is 4.39 Å². The first kappa shape index (κ1) is 16.0. The predicted octanol–water partition coefficient (Wildman–Crippen LogP) is 4.57. The Hall–Kier alpha value is -1.33. The van der Waals surface area contributed by atoms with Gasteiger partial charge in [0.25, 0.3) is 0 Å². The summed E-state index contributed by atoms with van der Waals surface area (Å²) in [6, 6.07) is 6.34. The number of halogens is 2. The van der Waals surface area contributed by atoms with Gasteiger partial charge >= 0.3 is 0 Å². The highest BCUT2D eigenvalue weighted by atomic mass is 79.9. The summed E-state index contributed by atoms with van der Waals surface area (Å²) < 4.78 is 24.9. The molecule has 5 heteroatoms. The van der Waals surface area contributed by atoms with Gasteiger partial charge in [0, 0.05) is 12.1 Å². The first-order valence-electron chi connectivity index (χ1n) is 6.97. The lowest BCUT2D eigenvalue weighted by atomic mass is 10.2. The summed E-state index contributed by atoms with van der Waals surface area (Å²) in [7, 11) is 0.